The second-order valence-corrected chi connectivity index (χ2v) is 11.6. The van der Waals surface area contributed by atoms with Crippen LogP contribution in [0, 0.1) is 0 Å². The fourth-order valence-corrected chi connectivity index (χ4v) is 5.80. The minimum absolute atomic E-state index is 0.0345. The van der Waals surface area contributed by atoms with Crippen LogP contribution in [-0.2, 0) is 26.2 Å². The Labute approximate surface area is 241 Å². The van der Waals surface area contributed by atoms with Crippen LogP contribution in [-0.4, -0.2) is 50.9 Å². The maximum absolute atomic E-state index is 14.1. The summed E-state index contributed by atoms with van der Waals surface area (Å²) in [5, 5.41) is 3.40. The fraction of sp³-hybridized carbons (Fsp3) is 0.333. The van der Waals surface area contributed by atoms with Gasteiger partial charge < -0.3 is 15.0 Å². The van der Waals surface area contributed by atoms with Crippen LogP contribution in [0.2, 0.25) is 5.02 Å². The largest absolute Gasteiger partial charge is 0.497 e. The number of methoxy groups -OCH3 is 1. The fourth-order valence-electron chi connectivity index (χ4n) is 4.17. The Balaban J connectivity index is 2.06. The van der Waals surface area contributed by atoms with Gasteiger partial charge in [0.1, 0.15) is 18.3 Å². The van der Waals surface area contributed by atoms with Crippen molar-refractivity contribution >= 4 is 39.1 Å². The van der Waals surface area contributed by atoms with Gasteiger partial charge in [-0.2, -0.15) is 0 Å². The number of halogens is 1. The van der Waals surface area contributed by atoms with Crippen LogP contribution in [0.5, 0.6) is 5.75 Å². The zero-order valence-corrected chi connectivity index (χ0v) is 24.8. The topological polar surface area (TPSA) is 96.0 Å². The Bertz CT molecular complexity index is 1380. The molecule has 10 heteroatoms. The summed E-state index contributed by atoms with van der Waals surface area (Å²) in [6, 6.07) is 20.5. The molecule has 0 heterocycles. The van der Waals surface area contributed by atoms with E-state index in [0.29, 0.717) is 22.8 Å². The number of amides is 2. The summed E-state index contributed by atoms with van der Waals surface area (Å²) in [6.45, 7) is 5.17. The Hall–Kier alpha value is -3.56. The highest BCUT2D eigenvalue weighted by atomic mass is 35.5. The number of nitrogens with one attached hydrogen (secondary N) is 1. The van der Waals surface area contributed by atoms with Crippen molar-refractivity contribution in [1.82, 2.24) is 10.2 Å². The highest BCUT2D eigenvalue weighted by molar-refractivity contribution is 7.92. The molecule has 1 N–H and O–H groups in total. The summed E-state index contributed by atoms with van der Waals surface area (Å²) in [5.74, 6) is -0.305. The average molecular weight is 586 g/mol. The third-order valence-corrected chi connectivity index (χ3v) is 8.81. The third kappa shape index (κ3) is 7.55. The molecular formula is C30H36ClN3O5S. The van der Waals surface area contributed by atoms with Gasteiger partial charge in [-0.15, -0.1) is 0 Å². The Morgan fingerprint density at radius 3 is 2.12 bits per heavy atom. The van der Waals surface area contributed by atoms with Crippen LogP contribution >= 0.6 is 11.6 Å². The SMILES string of the molecule is CC[C@H](C(=O)N[C@@H](C)CC)N(Cc1ccccc1Cl)C(=O)CN(c1ccc(OC)cc1)S(=O)(=O)c1ccccc1. The van der Waals surface area contributed by atoms with Crippen LogP contribution < -0.4 is 14.4 Å². The van der Waals surface area contributed by atoms with Gasteiger partial charge in [-0.1, -0.05) is 61.8 Å². The van der Waals surface area contributed by atoms with Crippen molar-refractivity contribution in [2.75, 3.05) is 18.0 Å². The lowest BCUT2D eigenvalue weighted by atomic mass is 10.1. The quantitative estimate of drug-likeness (QED) is 0.295. The Morgan fingerprint density at radius 1 is 0.925 bits per heavy atom. The second kappa shape index (κ2) is 14.2. The molecule has 0 saturated heterocycles. The number of rotatable bonds is 13. The maximum atomic E-state index is 14.1. The molecule has 0 aliphatic rings. The Morgan fingerprint density at radius 2 is 1.55 bits per heavy atom. The van der Waals surface area contributed by atoms with E-state index in [4.69, 9.17) is 16.3 Å². The van der Waals surface area contributed by atoms with Gasteiger partial charge in [0.2, 0.25) is 11.8 Å². The van der Waals surface area contributed by atoms with Crippen LogP contribution in [0.4, 0.5) is 5.69 Å². The zero-order chi connectivity index (χ0) is 29.3. The van der Waals surface area contributed by atoms with Gasteiger partial charge in [0.15, 0.2) is 0 Å². The maximum Gasteiger partial charge on any atom is 0.264 e. The van der Waals surface area contributed by atoms with Crippen molar-refractivity contribution in [2.24, 2.45) is 0 Å². The van der Waals surface area contributed by atoms with E-state index in [0.717, 1.165) is 10.7 Å². The first-order valence-electron chi connectivity index (χ1n) is 13.2. The van der Waals surface area contributed by atoms with Crippen LogP contribution in [0.3, 0.4) is 0 Å². The highest BCUT2D eigenvalue weighted by Crippen LogP contribution is 2.27. The summed E-state index contributed by atoms with van der Waals surface area (Å²) < 4.78 is 34.0. The summed E-state index contributed by atoms with van der Waals surface area (Å²) in [7, 11) is -2.63. The van der Waals surface area contributed by atoms with E-state index in [-0.39, 0.29) is 29.1 Å². The molecule has 0 aliphatic heterocycles. The van der Waals surface area contributed by atoms with Gasteiger partial charge >= 0.3 is 0 Å². The first-order chi connectivity index (χ1) is 19.1. The number of carbonyl (C=O) groups is 2. The molecule has 0 aromatic heterocycles. The average Bonchev–Trinajstić information content (AvgIpc) is 2.97. The molecule has 3 aromatic rings. The van der Waals surface area contributed by atoms with Gasteiger partial charge in [0.05, 0.1) is 17.7 Å². The molecule has 3 aromatic carbocycles. The van der Waals surface area contributed by atoms with Crippen molar-refractivity contribution in [2.45, 2.75) is 57.1 Å². The molecule has 2 amide bonds. The molecule has 0 aliphatic carbocycles. The van der Waals surface area contributed by atoms with Crippen molar-refractivity contribution in [1.29, 1.82) is 0 Å². The van der Waals surface area contributed by atoms with Gasteiger partial charge in [-0.25, -0.2) is 8.42 Å². The molecular weight excluding hydrogens is 550 g/mol. The molecule has 0 spiro atoms. The number of sulfonamides is 1. The lowest BCUT2D eigenvalue weighted by Crippen LogP contribution is -2.53. The first-order valence-corrected chi connectivity index (χ1v) is 15.0. The number of carbonyl (C=O) groups excluding carboxylic acids is 2. The molecule has 0 unspecified atom stereocenters. The number of hydrogen-bond acceptors (Lipinski definition) is 5. The standard InChI is InChI=1S/C30H36ClN3O5S/c1-5-22(3)32-30(36)28(6-2)33(20-23-12-10-11-15-27(23)31)29(35)21-34(24-16-18-25(39-4)19-17-24)40(37,38)26-13-8-7-9-14-26/h7-19,22,28H,5-6,20-21H2,1-4H3,(H,32,36)/t22-,28+/m0/s1. The predicted molar refractivity (Wildman–Crippen MR) is 158 cm³/mol. The van der Waals surface area contributed by atoms with E-state index >= 15 is 0 Å². The number of hydrogen-bond donors (Lipinski definition) is 1. The van der Waals surface area contributed by atoms with Crippen molar-refractivity contribution < 1.29 is 22.7 Å². The monoisotopic (exact) mass is 585 g/mol. The normalized spacial score (nSPS) is 12.7. The van der Waals surface area contributed by atoms with E-state index in [9.17, 15) is 18.0 Å². The smallest absolute Gasteiger partial charge is 0.264 e. The van der Waals surface area contributed by atoms with Crippen molar-refractivity contribution in [3.8, 4) is 5.75 Å². The minimum atomic E-state index is -4.14. The van der Waals surface area contributed by atoms with Crippen molar-refractivity contribution in [3.05, 3.63) is 89.4 Å². The van der Waals surface area contributed by atoms with Gasteiger partial charge in [0, 0.05) is 17.6 Å². The molecule has 214 valence electrons. The van der Waals surface area contributed by atoms with Gasteiger partial charge in [0.25, 0.3) is 10.0 Å². The van der Waals surface area contributed by atoms with Crippen LogP contribution in [0.15, 0.2) is 83.8 Å². The molecule has 0 fully saturated rings. The molecule has 0 radical (unpaired) electrons. The van der Waals surface area contributed by atoms with E-state index in [1.54, 1.807) is 66.7 Å². The Kier molecular flexibility index (Phi) is 11.0. The number of nitrogens with zero attached hydrogens (tertiary/aromatic N) is 2. The third-order valence-electron chi connectivity index (χ3n) is 6.66. The molecule has 2 atom stereocenters. The lowest BCUT2D eigenvalue weighted by Gasteiger charge is -2.34. The van der Waals surface area contributed by atoms with E-state index in [1.165, 1.54) is 24.1 Å². The summed E-state index contributed by atoms with van der Waals surface area (Å²) in [5.41, 5.74) is 0.932. The zero-order valence-electron chi connectivity index (χ0n) is 23.2. The molecule has 8 nitrogen and oxygen atoms in total. The van der Waals surface area contributed by atoms with Crippen LogP contribution in [0.25, 0.3) is 0 Å². The highest BCUT2D eigenvalue weighted by Gasteiger charge is 2.34. The minimum Gasteiger partial charge on any atom is -0.497 e. The number of benzene rings is 3. The number of anilines is 1. The lowest BCUT2D eigenvalue weighted by molar-refractivity contribution is -0.140. The van der Waals surface area contributed by atoms with Gasteiger partial charge in [-0.3, -0.25) is 13.9 Å². The van der Waals surface area contributed by atoms with E-state index < -0.39 is 28.5 Å². The second-order valence-electron chi connectivity index (χ2n) is 9.38. The number of ether oxygens (including phenoxy) is 1. The van der Waals surface area contributed by atoms with E-state index in [1.807, 2.05) is 20.8 Å². The molecule has 40 heavy (non-hydrogen) atoms. The first kappa shape index (κ1) is 31.0. The van der Waals surface area contributed by atoms with Crippen LogP contribution in [0.1, 0.15) is 39.2 Å². The van der Waals surface area contributed by atoms with Gasteiger partial charge in [-0.05, 0) is 67.8 Å². The molecule has 0 bridgehead atoms. The van der Waals surface area contributed by atoms with E-state index in [2.05, 4.69) is 5.32 Å². The molecule has 0 saturated carbocycles. The summed E-state index contributed by atoms with van der Waals surface area (Å²) in [4.78, 5) is 28.9. The predicted octanol–water partition coefficient (Wildman–Crippen LogP) is 5.27. The summed E-state index contributed by atoms with van der Waals surface area (Å²) >= 11 is 6.43. The molecule has 3 rings (SSSR count). The van der Waals surface area contributed by atoms with Crippen molar-refractivity contribution in [3.63, 3.8) is 0 Å². The summed E-state index contributed by atoms with van der Waals surface area (Å²) in [6.07, 6.45) is 1.05.